The van der Waals surface area contributed by atoms with E-state index in [0.29, 0.717) is 13.1 Å². The van der Waals surface area contributed by atoms with Crippen LogP contribution in [0.25, 0.3) is 21.3 Å². The smallest absolute Gasteiger partial charge is 0.138 e. The first-order valence-electron chi connectivity index (χ1n) is 7.52. The van der Waals surface area contributed by atoms with E-state index in [1.54, 1.807) is 17.7 Å². The van der Waals surface area contributed by atoms with E-state index in [0.717, 1.165) is 22.5 Å². The fourth-order valence-electron chi connectivity index (χ4n) is 2.62. The monoisotopic (exact) mass is 312 g/mol. The Morgan fingerprint density at radius 3 is 2.64 bits per heavy atom. The molecule has 0 amide bonds. The zero-order valence-electron chi connectivity index (χ0n) is 12.9. The van der Waals surface area contributed by atoms with Gasteiger partial charge in [-0.15, -0.1) is 11.3 Å². The van der Waals surface area contributed by atoms with Crippen LogP contribution in [-0.4, -0.2) is 23.1 Å². The first-order valence-corrected chi connectivity index (χ1v) is 8.33. The Morgan fingerprint density at radius 1 is 1.18 bits per heavy atom. The van der Waals surface area contributed by atoms with E-state index in [1.165, 1.54) is 21.6 Å². The maximum absolute atomic E-state index is 5.60. The molecule has 0 bridgehead atoms. The minimum atomic E-state index is 0.579. The number of hydrogen-bond donors (Lipinski definition) is 2. The van der Waals surface area contributed by atoms with Gasteiger partial charge in [-0.25, -0.2) is 9.97 Å². The highest BCUT2D eigenvalue weighted by Crippen LogP contribution is 2.40. The molecule has 0 saturated heterocycles. The minimum Gasteiger partial charge on any atom is -0.368 e. The zero-order valence-corrected chi connectivity index (χ0v) is 13.7. The molecule has 0 aliphatic heterocycles. The van der Waals surface area contributed by atoms with Gasteiger partial charge in [0, 0.05) is 23.5 Å². The number of hydrogen-bond acceptors (Lipinski definition) is 5. The minimum absolute atomic E-state index is 0.579. The van der Waals surface area contributed by atoms with Crippen molar-refractivity contribution < 1.29 is 0 Å². The van der Waals surface area contributed by atoms with Gasteiger partial charge < -0.3 is 11.1 Å². The molecular weight excluding hydrogens is 292 g/mol. The normalized spacial score (nSPS) is 11.0. The molecule has 0 unspecified atom stereocenters. The molecule has 3 rings (SSSR count). The van der Waals surface area contributed by atoms with Crippen molar-refractivity contribution in [2.75, 3.05) is 18.4 Å². The highest BCUT2D eigenvalue weighted by molar-refractivity contribution is 7.19. The zero-order chi connectivity index (χ0) is 15.5. The van der Waals surface area contributed by atoms with Gasteiger partial charge in [0.2, 0.25) is 0 Å². The molecule has 5 heteroatoms. The second-order valence-corrected chi connectivity index (χ2v) is 6.40. The fraction of sp³-hybridized carbons (Fsp3) is 0.294. The molecule has 0 aliphatic carbocycles. The number of thiophene rings is 1. The Morgan fingerprint density at radius 2 is 1.95 bits per heavy atom. The number of anilines is 1. The van der Waals surface area contributed by atoms with Crippen LogP contribution in [0.2, 0.25) is 0 Å². The van der Waals surface area contributed by atoms with Gasteiger partial charge in [0.15, 0.2) is 0 Å². The topological polar surface area (TPSA) is 63.8 Å². The fourth-order valence-corrected chi connectivity index (χ4v) is 3.64. The van der Waals surface area contributed by atoms with Crippen molar-refractivity contribution in [3.63, 3.8) is 0 Å². The molecular formula is C17H20N4S. The lowest BCUT2D eigenvalue weighted by atomic mass is 10.0. The van der Waals surface area contributed by atoms with E-state index in [-0.39, 0.29) is 0 Å². The predicted octanol–water partition coefficient (Wildman–Crippen LogP) is 3.60. The van der Waals surface area contributed by atoms with Gasteiger partial charge in [0.25, 0.3) is 0 Å². The third kappa shape index (κ3) is 2.69. The first kappa shape index (κ1) is 14.9. The number of nitrogens with zero attached hydrogens (tertiary/aromatic N) is 2. The summed E-state index contributed by atoms with van der Waals surface area (Å²) in [5, 5.41) is 4.41. The quantitative estimate of drug-likeness (QED) is 0.755. The molecule has 0 fully saturated rings. The van der Waals surface area contributed by atoms with Crippen molar-refractivity contribution in [1.29, 1.82) is 0 Å². The molecule has 22 heavy (non-hydrogen) atoms. The number of aromatic nitrogens is 2. The molecule has 0 saturated carbocycles. The lowest BCUT2D eigenvalue weighted by molar-refractivity contribution is 1.01. The van der Waals surface area contributed by atoms with Crippen LogP contribution >= 0.6 is 11.3 Å². The Hall–Kier alpha value is -1.98. The molecule has 4 nitrogen and oxygen atoms in total. The Bertz CT molecular complexity index is 777. The largest absolute Gasteiger partial charge is 0.368 e. The highest BCUT2D eigenvalue weighted by atomic mass is 32.1. The summed E-state index contributed by atoms with van der Waals surface area (Å²) in [7, 11) is 0. The van der Waals surface area contributed by atoms with E-state index < -0.39 is 0 Å². The van der Waals surface area contributed by atoms with Crippen LogP contribution in [0.5, 0.6) is 0 Å². The van der Waals surface area contributed by atoms with Gasteiger partial charge in [-0.05, 0) is 24.5 Å². The average Bonchev–Trinajstić information content (AvgIpc) is 2.89. The van der Waals surface area contributed by atoms with Gasteiger partial charge >= 0.3 is 0 Å². The van der Waals surface area contributed by atoms with Crippen molar-refractivity contribution in [3.8, 4) is 11.1 Å². The molecule has 3 N–H and O–H groups in total. The first-order chi connectivity index (χ1) is 10.7. The van der Waals surface area contributed by atoms with E-state index >= 15 is 0 Å². The molecule has 114 valence electrons. The molecule has 2 heterocycles. The van der Waals surface area contributed by atoms with Crippen molar-refractivity contribution in [1.82, 2.24) is 9.97 Å². The van der Waals surface area contributed by atoms with E-state index in [2.05, 4.69) is 53.4 Å². The standard InChI is InChI=1S/C17H20N4S/c1-3-12-4-6-13(7-5-12)14-11(2)22-17-15(14)16(19-9-8-18)20-10-21-17/h4-7,10H,3,8-9,18H2,1-2H3,(H,19,20,21). The van der Waals surface area contributed by atoms with Crippen LogP contribution in [-0.2, 0) is 6.42 Å². The van der Waals surface area contributed by atoms with Crippen LogP contribution in [0.3, 0.4) is 0 Å². The summed E-state index contributed by atoms with van der Waals surface area (Å²) in [5.41, 5.74) is 9.39. The van der Waals surface area contributed by atoms with Gasteiger partial charge in [0.1, 0.15) is 17.0 Å². The van der Waals surface area contributed by atoms with E-state index in [4.69, 9.17) is 5.73 Å². The van der Waals surface area contributed by atoms with Crippen LogP contribution in [0.1, 0.15) is 17.4 Å². The Balaban J connectivity index is 2.16. The third-order valence-electron chi connectivity index (χ3n) is 3.75. The summed E-state index contributed by atoms with van der Waals surface area (Å²) in [5.74, 6) is 0.870. The van der Waals surface area contributed by atoms with Crippen LogP contribution in [0.15, 0.2) is 30.6 Å². The van der Waals surface area contributed by atoms with Crippen molar-refractivity contribution in [3.05, 3.63) is 41.0 Å². The molecule has 0 spiro atoms. The number of benzene rings is 1. The molecule has 2 aromatic heterocycles. The lowest BCUT2D eigenvalue weighted by Gasteiger charge is -2.08. The second kappa shape index (κ2) is 6.42. The summed E-state index contributed by atoms with van der Waals surface area (Å²) < 4.78 is 0. The maximum Gasteiger partial charge on any atom is 0.138 e. The van der Waals surface area contributed by atoms with Crippen LogP contribution in [0.4, 0.5) is 5.82 Å². The molecule has 1 aromatic carbocycles. The summed E-state index contributed by atoms with van der Waals surface area (Å²) >= 11 is 1.71. The summed E-state index contributed by atoms with van der Waals surface area (Å²) in [6.07, 6.45) is 2.66. The van der Waals surface area contributed by atoms with E-state index in [1.807, 2.05) is 0 Å². The third-order valence-corrected chi connectivity index (χ3v) is 4.77. The van der Waals surface area contributed by atoms with E-state index in [9.17, 15) is 0 Å². The molecule has 0 aliphatic rings. The van der Waals surface area contributed by atoms with Crippen molar-refractivity contribution >= 4 is 27.4 Å². The average molecular weight is 312 g/mol. The predicted molar refractivity (Wildman–Crippen MR) is 94.5 cm³/mol. The number of fused-ring (bicyclic) bond motifs is 1. The van der Waals surface area contributed by atoms with Gasteiger partial charge in [-0.3, -0.25) is 0 Å². The molecule has 0 radical (unpaired) electrons. The number of aryl methyl sites for hydroxylation is 2. The summed E-state index contributed by atoms with van der Waals surface area (Å²) in [4.78, 5) is 11.1. The molecule has 3 aromatic rings. The second-order valence-electron chi connectivity index (χ2n) is 5.20. The molecule has 0 atom stereocenters. The number of nitrogens with one attached hydrogen (secondary N) is 1. The van der Waals surface area contributed by atoms with Gasteiger partial charge in [0.05, 0.1) is 5.39 Å². The SMILES string of the molecule is CCc1ccc(-c2c(C)sc3ncnc(NCCN)c23)cc1. The highest BCUT2D eigenvalue weighted by Gasteiger charge is 2.16. The Labute approximate surface area is 134 Å². The summed E-state index contributed by atoms with van der Waals surface area (Å²) in [6, 6.07) is 8.75. The number of rotatable bonds is 5. The summed E-state index contributed by atoms with van der Waals surface area (Å²) in [6.45, 7) is 5.59. The van der Waals surface area contributed by atoms with Crippen LogP contribution < -0.4 is 11.1 Å². The van der Waals surface area contributed by atoms with Gasteiger partial charge in [-0.2, -0.15) is 0 Å². The van der Waals surface area contributed by atoms with Crippen molar-refractivity contribution in [2.24, 2.45) is 5.73 Å². The number of nitrogens with two attached hydrogens (primary N) is 1. The van der Waals surface area contributed by atoms with Gasteiger partial charge in [-0.1, -0.05) is 31.2 Å². The Kier molecular flexibility index (Phi) is 4.36. The van der Waals surface area contributed by atoms with Crippen LogP contribution in [0, 0.1) is 6.92 Å². The lowest BCUT2D eigenvalue weighted by Crippen LogP contribution is -2.14. The maximum atomic E-state index is 5.60. The van der Waals surface area contributed by atoms with Crippen molar-refractivity contribution in [2.45, 2.75) is 20.3 Å².